The molecule has 0 radical (unpaired) electrons. The molecular weight excluding hydrogens is 297 g/mol. The van der Waals surface area contributed by atoms with Gasteiger partial charge in [-0.2, -0.15) is 4.31 Å². The summed E-state index contributed by atoms with van der Waals surface area (Å²) in [6.45, 7) is 4.74. The molecule has 1 aliphatic heterocycles. The first-order chi connectivity index (χ1) is 9.63. The summed E-state index contributed by atoms with van der Waals surface area (Å²) in [5.41, 5.74) is -0.180. The molecule has 1 N–H and O–H groups in total. The van der Waals surface area contributed by atoms with E-state index in [0.717, 1.165) is 18.2 Å². The lowest BCUT2D eigenvalue weighted by atomic mass is 9.83. The van der Waals surface area contributed by atoms with E-state index in [-0.39, 0.29) is 11.0 Å². The molecule has 1 saturated heterocycles. The van der Waals surface area contributed by atoms with Crippen LogP contribution in [-0.2, 0) is 10.0 Å². The summed E-state index contributed by atoms with van der Waals surface area (Å²) in [7, 11) is -4.00. The van der Waals surface area contributed by atoms with Crippen LogP contribution in [0.3, 0.4) is 0 Å². The predicted octanol–water partition coefficient (Wildman–Crippen LogP) is 2.33. The quantitative estimate of drug-likeness (QED) is 0.929. The molecule has 5 nitrogen and oxygen atoms in total. The molecular formula is C14H18FNO4S. The molecule has 1 aliphatic rings. The van der Waals surface area contributed by atoms with Gasteiger partial charge in [0.1, 0.15) is 10.7 Å². The summed E-state index contributed by atoms with van der Waals surface area (Å²) >= 11 is 0. The number of nitrogens with zero attached hydrogens (tertiary/aromatic N) is 1. The molecule has 7 heteroatoms. The molecule has 21 heavy (non-hydrogen) atoms. The van der Waals surface area contributed by atoms with Crippen molar-refractivity contribution in [1.29, 1.82) is 0 Å². The Morgan fingerprint density at radius 2 is 1.86 bits per heavy atom. The van der Waals surface area contributed by atoms with E-state index in [1.54, 1.807) is 0 Å². The number of carbonyl (C=O) groups is 1. The number of sulfonamides is 1. The second-order valence-corrected chi connectivity index (χ2v) is 7.93. The normalized spacial score (nSPS) is 19.4. The van der Waals surface area contributed by atoms with E-state index in [1.807, 2.05) is 0 Å². The van der Waals surface area contributed by atoms with Crippen molar-refractivity contribution in [1.82, 2.24) is 4.31 Å². The molecule has 0 saturated carbocycles. The van der Waals surface area contributed by atoms with Crippen molar-refractivity contribution in [2.24, 2.45) is 5.41 Å². The number of benzene rings is 1. The third kappa shape index (κ3) is 3.24. The van der Waals surface area contributed by atoms with E-state index in [0.29, 0.717) is 25.9 Å². The highest BCUT2D eigenvalue weighted by molar-refractivity contribution is 7.89. The van der Waals surface area contributed by atoms with Crippen LogP contribution in [0.4, 0.5) is 4.39 Å². The molecule has 0 bridgehead atoms. The molecule has 0 atom stereocenters. The van der Waals surface area contributed by atoms with Gasteiger partial charge < -0.3 is 5.11 Å². The number of halogens is 1. The first-order valence-corrected chi connectivity index (χ1v) is 8.10. The van der Waals surface area contributed by atoms with Gasteiger partial charge in [0.15, 0.2) is 0 Å². The predicted molar refractivity (Wildman–Crippen MR) is 75.1 cm³/mol. The zero-order valence-corrected chi connectivity index (χ0v) is 12.8. The van der Waals surface area contributed by atoms with E-state index >= 15 is 0 Å². The number of rotatable bonds is 3. The smallest absolute Gasteiger partial charge is 0.335 e. The lowest BCUT2D eigenvalue weighted by Crippen LogP contribution is -2.41. The van der Waals surface area contributed by atoms with Gasteiger partial charge in [0, 0.05) is 13.1 Å². The van der Waals surface area contributed by atoms with Gasteiger partial charge >= 0.3 is 5.97 Å². The SMILES string of the molecule is CC1(C)CCN(S(=O)(=O)c2cc(C(=O)O)ccc2F)CC1. The third-order valence-electron chi connectivity index (χ3n) is 3.87. The number of carboxylic acids is 1. The number of hydrogen-bond donors (Lipinski definition) is 1. The number of aromatic carboxylic acids is 1. The standard InChI is InChI=1S/C14H18FNO4S/c1-14(2)5-7-16(8-6-14)21(19,20)12-9-10(13(17)18)3-4-11(12)15/h3-4,9H,5-8H2,1-2H3,(H,17,18). The highest BCUT2D eigenvalue weighted by atomic mass is 32.2. The van der Waals surface area contributed by atoms with Crippen LogP contribution in [0.2, 0.25) is 0 Å². The Hall–Kier alpha value is -1.47. The van der Waals surface area contributed by atoms with Gasteiger partial charge in [0.05, 0.1) is 5.56 Å². The Labute approximate surface area is 123 Å². The summed E-state index contributed by atoms with van der Waals surface area (Å²) in [4.78, 5) is 10.4. The average molecular weight is 315 g/mol. The monoisotopic (exact) mass is 315 g/mol. The molecule has 116 valence electrons. The van der Waals surface area contributed by atoms with Gasteiger partial charge in [-0.05, 0) is 36.5 Å². The van der Waals surface area contributed by atoms with Gasteiger partial charge in [-0.15, -0.1) is 0 Å². The summed E-state index contributed by atoms with van der Waals surface area (Å²) < 4.78 is 40.0. The summed E-state index contributed by atoms with van der Waals surface area (Å²) in [6, 6.07) is 2.81. The van der Waals surface area contributed by atoms with Gasteiger partial charge in [0.25, 0.3) is 0 Å². The Kier molecular flexibility index (Phi) is 4.08. The average Bonchev–Trinajstić information content (AvgIpc) is 2.38. The first-order valence-electron chi connectivity index (χ1n) is 6.66. The second-order valence-electron chi connectivity index (χ2n) is 6.02. The number of carboxylic acid groups (broad SMARTS) is 1. The van der Waals surface area contributed by atoms with E-state index in [1.165, 1.54) is 4.31 Å². The van der Waals surface area contributed by atoms with Crippen LogP contribution < -0.4 is 0 Å². The van der Waals surface area contributed by atoms with E-state index in [2.05, 4.69) is 13.8 Å². The van der Waals surface area contributed by atoms with Crippen molar-refractivity contribution in [3.8, 4) is 0 Å². The van der Waals surface area contributed by atoms with E-state index in [4.69, 9.17) is 5.11 Å². The van der Waals surface area contributed by atoms with Gasteiger partial charge in [0.2, 0.25) is 10.0 Å². The highest BCUT2D eigenvalue weighted by Gasteiger charge is 2.34. The Balaban J connectivity index is 2.36. The maximum atomic E-state index is 13.8. The molecule has 1 aromatic rings. The lowest BCUT2D eigenvalue weighted by Gasteiger charge is -2.36. The minimum Gasteiger partial charge on any atom is -0.478 e. The lowest BCUT2D eigenvalue weighted by molar-refractivity contribution is 0.0696. The van der Waals surface area contributed by atoms with Crippen LogP contribution in [0, 0.1) is 11.2 Å². The van der Waals surface area contributed by atoms with Crippen LogP contribution in [-0.4, -0.2) is 36.9 Å². The van der Waals surface area contributed by atoms with Crippen LogP contribution in [0.15, 0.2) is 23.1 Å². The van der Waals surface area contributed by atoms with Crippen molar-refractivity contribution in [2.75, 3.05) is 13.1 Å². The summed E-state index contributed by atoms with van der Waals surface area (Å²) in [5.74, 6) is -2.21. The van der Waals surface area contributed by atoms with Crippen molar-refractivity contribution < 1.29 is 22.7 Å². The van der Waals surface area contributed by atoms with Crippen molar-refractivity contribution in [3.63, 3.8) is 0 Å². The molecule has 0 aliphatic carbocycles. The molecule has 1 aromatic carbocycles. The highest BCUT2D eigenvalue weighted by Crippen LogP contribution is 2.33. The zero-order valence-electron chi connectivity index (χ0n) is 12.0. The van der Waals surface area contributed by atoms with Crippen LogP contribution in [0.1, 0.15) is 37.0 Å². The molecule has 2 rings (SSSR count). The van der Waals surface area contributed by atoms with Crippen molar-refractivity contribution in [2.45, 2.75) is 31.6 Å². The van der Waals surface area contributed by atoms with Crippen molar-refractivity contribution >= 4 is 16.0 Å². The minimum atomic E-state index is -4.00. The molecule has 0 spiro atoms. The van der Waals surface area contributed by atoms with Gasteiger partial charge in [-0.25, -0.2) is 17.6 Å². The van der Waals surface area contributed by atoms with Crippen LogP contribution >= 0.6 is 0 Å². The fraction of sp³-hybridized carbons (Fsp3) is 0.500. The van der Waals surface area contributed by atoms with Gasteiger partial charge in [-0.3, -0.25) is 0 Å². The fourth-order valence-electron chi connectivity index (χ4n) is 2.31. The largest absolute Gasteiger partial charge is 0.478 e. The zero-order chi connectivity index (χ0) is 15.8. The maximum absolute atomic E-state index is 13.8. The molecule has 0 aromatic heterocycles. The molecule has 0 unspecified atom stereocenters. The maximum Gasteiger partial charge on any atom is 0.335 e. The van der Waals surface area contributed by atoms with Gasteiger partial charge in [-0.1, -0.05) is 13.8 Å². The topological polar surface area (TPSA) is 74.7 Å². The summed E-state index contributed by atoms with van der Waals surface area (Å²) in [6.07, 6.45) is 1.37. The molecule has 0 amide bonds. The first kappa shape index (κ1) is 15.9. The number of hydrogen-bond acceptors (Lipinski definition) is 3. The Morgan fingerprint density at radius 3 is 2.38 bits per heavy atom. The number of piperidine rings is 1. The fourth-order valence-corrected chi connectivity index (χ4v) is 3.84. The van der Waals surface area contributed by atoms with Crippen molar-refractivity contribution in [3.05, 3.63) is 29.6 Å². The molecule has 1 heterocycles. The minimum absolute atomic E-state index is 0.0630. The van der Waals surface area contributed by atoms with Crippen LogP contribution in [0.5, 0.6) is 0 Å². The van der Waals surface area contributed by atoms with E-state index < -0.39 is 26.7 Å². The Bertz CT molecular complexity index is 660. The molecule has 1 fully saturated rings. The Morgan fingerprint density at radius 1 is 1.29 bits per heavy atom. The van der Waals surface area contributed by atoms with Crippen LogP contribution in [0.25, 0.3) is 0 Å². The second kappa shape index (κ2) is 5.38. The third-order valence-corrected chi connectivity index (χ3v) is 5.79. The van der Waals surface area contributed by atoms with E-state index in [9.17, 15) is 17.6 Å². The summed E-state index contributed by atoms with van der Waals surface area (Å²) in [5, 5.41) is 8.91.